The Morgan fingerprint density at radius 3 is 2.60 bits per heavy atom. The average Bonchev–Trinajstić information content (AvgIpc) is 2.27. The summed E-state index contributed by atoms with van der Waals surface area (Å²) in [5.74, 6) is 0.518. The van der Waals surface area contributed by atoms with Crippen molar-refractivity contribution in [3.63, 3.8) is 0 Å². The molecule has 0 aromatic rings. The molecule has 0 amide bonds. The van der Waals surface area contributed by atoms with E-state index in [0.29, 0.717) is 11.5 Å². The van der Waals surface area contributed by atoms with Crippen LogP contribution in [-0.2, 0) is 32.7 Å². The van der Waals surface area contributed by atoms with Crippen LogP contribution in [-0.4, -0.2) is 11.3 Å². The summed E-state index contributed by atoms with van der Waals surface area (Å²) < 4.78 is 0. The number of allylic oxidation sites excluding steroid dienone is 5. The minimum atomic E-state index is -0.145. The Kier molecular flexibility index (Phi) is 5.68. The van der Waals surface area contributed by atoms with Gasteiger partial charge in [-0.1, -0.05) is 32.4 Å². The van der Waals surface area contributed by atoms with Gasteiger partial charge in [0.05, 0.1) is 0 Å². The molecule has 2 N–H and O–H groups in total. The number of nitrogens with one attached hydrogen (secondary N) is 1. The van der Waals surface area contributed by atoms with Crippen molar-refractivity contribution in [1.82, 2.24) is 0 Å². The van der Waals surface area contributed by atoms with Gasteiger partial charge in [0.25, 0.3) is 0 Å². The first-order valence-corrected chi connectivity index (χ1v) is 4.73. The van der Waals surface area contributed by atoms with E-state index in [0.717, 1.165) is 0 Å². The smallest absolute Gasteiger partial charge is 0.0103 e. The predicted octanol–water partition coefficient (Wildman–Crippen LogP) is 3.04. The van der Waals surface area contributed by atoms with Crippen LogP contribution in [0.3, 0.4) is 0 Å². The van der Waals surface area contributed by atoms with Crippen LogP contribution in [0.5, 0.6) is 0 Å². The molecule has 79 valence electrons. The second kappa shape index (κ2) is 5.76. The topological polar surface area (TPSA) is 44.1 Å². The fraction of sp³-hybridized carbons (Fsp3) is 0.417. The van der Waals surface area contributed by atoms with Gasteiger partial charge in [-0.25, -0.2) is 0 Å². The average molecular weight is 279 g/mol. The molecule has 1 radical (unpaired) electrons. The van der Waals surface area contributed by atoms with Gasteiger partial charge in [-0.05, 0) is 17.1 Å². The monoisotopic (exact) mass is 279 g/mol. The van der Waals surface area contributed by atoms with Gasteiger partial charge in [0, 0.05) is 38.9 Å². The number of hydrogen-bond acceptors (Lipinski definition) is 2. The summed E-state index contributed by atoms with van der Waals surface area (Å²) in [6.07, 6.45) is 9.47. The van der Waals surface area contributed by atoms with E-state index in [1.807, 2.05) is 12.2 Å². The minimum Gasteiger partial charge on any atom is -0.592 e. The van der Waals surface area contributed by atoms with Crippen LogP contribution >= 0.6 is 0 Å². The Morgan fingerprint density at radius 2 is 2.13 bits per heavy atom. The molecule has 0 aromatic heterocycles. The van der Waals surface area contributed by atoms with E-state index in [1.54, 1.807) is 0 Å². The Balaban J connectivity index is 0.00000196. The third-order valence-corrected chi connectivity index (χ3v) is 2.78. The molecule has 0 aromatic carbocycles. The molecular weight excluding hydrogens is 263 g/mol. The molecule has 0 bridgehead atoms. The second-order valence-electron chi connectivity index (χ2n) is 4.11. The third kappa shape index (κ3) is 3.39. The summed E-state index contributed by atoms with van der Waals surface area (Å²) >= 11 is 0. The standard InChI is InChI=1S/C12H16NO.Y/c1-9(2)12(3)6-4-5-11(14)10(7-12)8-13;/h5-9,13-14H,1-3H3;/q-1;. The molecule has 1 atom stereocenters. The first-order chi connectivity index (χ1) is 6.49. The van der Waals surface area contributed by atoms with Gasteiger partial charge in [0.2, 0.25) is 0 Å². The summed E-state index contributed by atoms with van der Waals surface area (Å²) in [4.78, 5) is 0. The second-order valence-corrected chi connectivity index (χ2v) is 4.11. The Hall–Kier alpha value is -0.206. The summed E-state index contributed by atoms with van der Waals surface area (Å²) in [7, 11) is 0. The van der Waals surface area contributed by atoms with Crippen LogP contribution in [0.25, 0.3) is 0 Å². The third-order valence-electron chi connectivity index (χ3n) is 2.78. The maximum absolute atomic E-state index is 9.52. The van der Waals surface area contributed by atoms with E-state index in [9.17, 15) is 5.11 Å². The van der Waals surface area contributed by atoms with Crippen LogP contribution in [0.15, 0.2) is 29.6 Å². The summed E-state index contributed by atoms with van der Waals surface area (Å²) in [5.41, 5.74) is 0.413. The van der Waals surface area contributed by atoms with Crippen molar-refractivity contribution in [3.05, 3.63) is 35.6 Å². The summed E-state index contributed by atoms with van der Waals surface area (Å²) in [6.45, 7) is 6.29. The number of aliphatic hydroxyl groups is 1. The van der Waals surface area contributed by atoms with Gasteiger partial charge < -0.3 is 10.5 Å². The molecule has 15 heavy (non-hydrogen) atoms. The molecule has 0 heterocycles. The predicted molar refractivity (Wildman–Crippen MR) is 58.3 cm³/mol. The Labute approximate surface area is 117 Å². The molecule has 1 unspecified atom stereocenters. The van der Waals surface area contributed by atoms with Gasteiger partial charge in [-0.3, -0.25) is 6.08 Å². The van der Waals surface area contributed by atoms with Crippen LogP contribution in [0.2, 0.25) is 0 Å². The van der Waals surface area contributed by atoms with E-state index in [2.05, 4.69) is 26.8 Å². The van der Waals surface area contributed by atoms with Gasteiger partial charge in [-0.2, -0.15) is 12.2 Å². The van der Waals surface area contributed by atoms with Crippen LogP contribution in [0.1, 0.15) is 20.8 Å². The van der Waals surface area contributed by atoms with Crippen molar-refractivity contribution in [3.8, 4) is 0 Å². The van der Waals surface area contributed by atoms with Gasteiger partial charge in [0.1, 0.15) is 0 Å². The largest absolute Gasteiger partial charge is 0.592 e. The SMILES string of the molecule is CC(C)C1(C)C=[C-]C=C(O)C(C=N)=C1.[Y]. The van der Waals surface area contributed by atoms with E-state index in [-0.39, 0.29) is 43.9 Å². The molecule has 3 heteroatoms. The zero-order valence-electron chi connectivity index (χ0n) is 9.41. The fourth-order valence-corrected chi connectivity index (χ4v) is 1.28. The zero-order chi connectivity index (χ0) is 10.8. The molecule has 1 aliphatic rings. The molecule has 1 rings (SSSR count). The van der Waals surface area contributed by atoms with E-state index in [4.69, 9.17) is 5.41 Å². The Morgan fingerprint density at radius 1 is 1.53 bits per heavy atom. The first-order valence-electron chi connectivity index (χ1n) is 4.73. The molecule has 0 fully saturated rings. The molecule has 0 aliphatic heterocycles. The van der Waals surface area contributed by atoms with Crippen LogP contribution < -0.4 is 0 Å². The van der Waals surface area contributed by atoms with Gasteiger partial charge >= 0.3 is 0 Å². The van der Waals surface area contributed by atoms with Gasteiger partial charge in [-0.15, -0.1) is 0 Å². The van der Waals surface area contributed by atoms with E-state index >= 15 is 0 Å². The maximum atomic E-state index is 9.52. The van der Waals surface area contributed by atoms with Crippen molar-refractivity contribution in [2.24, 2.45) is 11.3 Å². The fourth-order valence-electron chi connectivity index (χ4n) is 1.28. The molecule has 1 aliphatic carbocycles. The normalized spacial score (nSPS) is 25.1. The maximum Gasteiger partial charge on any atom is 0.0103 e. The molecular formula is C12H16NOY-. The molecule has 0 saturated carbocycles. The number of hydrogen-bond donors (Lipinski definition) is 2. The van der Waals surface area contributed by atoms with Gasteiger partial charge in [0.15, 0.2) is 0 Å². The van der Waals surface area contributed by atoms with Crippen molar-refractivity contribution in [2.75, 3.05) is 0 Å². The molecule has 2 nitrogen and oxygen atoms in total. The first kappa shape index (κ1) is 14.8. The number of aliphatic hydroxyl groups excluding tert-OH is 1. The van der Waals surface area contributed by atoms with E-state index < -0.39 is 0 Å². The van der Waals surface area contributed by atoms with Crippen molar-refractivity contribution in [1.29, 1.82) is 5.41 Å². The number of rotatable bonds is 2. The minimum absolute atomic E-state index is 0. The molecule has 0 saturated heterocycles. The molecule has 0 spiro atoms. The summed E-state index contributed by atoms with van der Waals surface area (Å²) in [6, 6.07) is 0. The van der Waals surface area contributed by atoms with E-state index in [1.165, 1.54) is 12.3 Å². The van der Waals surface area contributed by atoms with Crippen molar-refractivity contribution < 1.29 is 37.8 Å². The Bertz CT molecular complexity index is 329. The van der Waals surface area contributed by atoms with Crippen LogP contribution in [0.4, 0.5) is 0 Å². The quantitative estimate of drug-likeness (QED) is 0.592. The summed E-state index contributed by atoms with van der Waals surface area (Å²) in [5, 5.41) is 16.7. The van der Waals surface area contributed by atoms with Crippen LogP contribution in [0, 0.1) is 22.8 Å². The van der Waals surface area contributed by atoms with Crippen molar-refractivity contribution >= 4 is 6.21 Å². The zero-order valence-corrected chi connectivity index (χ0v) is 12.2. The van der Waals surface area contributed by atoms with Crippen molar-refractivity contribution in [2.45, 2.75) is 20.8 Å².